The highest BCUT2D eigenvalue weighted by molar-refractivity contribution is 7.92. The second-order valence-corrected chi connectivity index (χ2v) is 8.85. The van der Waals surface area contributed by atoms with Crippen molar-refractivity contribution in [3.8, 4) is 5.75 Å². The Balaban J connectivity index is 1.98. The van der Waals surface area contributed by atoms with Crippen LogP contribution in [-0.4, -0.2) is 14.7 Å². The van der Waals surface area contributed by atoms with E-state index in [2.05, 4.69) is 29.8 Å². The summed E-state index contributed by atoms with van der Waals surface area (Å²) in [4.78, 5) is 0. The highest BCUT2D eigenvalue weighted by Gasteiger charge is 2.22. The maximum atomic E-state index is 11.7. The molecule has 0 fully saturated rings. The first kappa shape index (κ1) is 19.3. The average Bonchev–Trinajstić information content (AvgIpc) is 2.86. The number of benzene rings is 3. The average molecular weight is 406 g/mol. The Morgan fingerprint density at radius 2 is 1.69 bits per heavy atom. The normalized spacial score (nSPS) is 14.8. The lowest BCUT2D eigenvalue weighted by Crippen LogP contribution is -2.09. The number of hydrogen-bond donors (Lipinski definition) is 1. The van der Waals surface area contributed by atoms with Gasteiger partial charge in [0.2, 0.25) is 10.0 Å². The number of para-hydroxylation sites is 1. The Morgan fingerprint density at radius 3 is 2.45 bits per heavy atom. The molecular weight excluding hydrogens is 382 g/mol. The van der Waals surface area contributed by atoms with E-state index in [0.717, 1.165) is 51.8 Å². The van der Waals surface area contributed by atoms with Gasteiger partial charge in [0.25, 0.3) is 0 Å². The minimum atomic E-state index is -3.34. The summed E-state index contributed by atoms with van der Waals surface area (Å²) in [5, 5.41) is 0. The van der Waals surface area contributed by atoms with E-state index in [9.17, 15) is 8.42 Å². The Bertz CT molecular complexity index is 1150. The van der Waals surface area contributed by atoms with Crippen molar-refractivity contribution in [1.82, 2.24) is 0 Å². The first-order valence-electron chi connectivity index (χ1n) is 9.58. The molecule has 0 unspecified atom stereocenters. The summed E-state index contributed by atoms with van der Waals surface area (Å²) in [5.74, 6) is 0.857. The first-order chi connectivity index (χ1) is 14.0. The number of rotatable bonds is 4. The van der Waals surface area contributed by atoms with E-state index in [4.69, 9.17) is 4.74 Å². The van der Waals surface area contributed by atoms with Crippen LogP contribution in [0.4, 0.5) is 5.69 Å². The number of nitrogens with one attached hydrogen (secondary N) is 1. The fourth-order valence-electron chi connectivity index (χ4n) is 3.82. The number of hydrogen-bond acceptors (Lipinski definition) is 3. The van der Waals surface area contributed by atoms with Crippen LogP contribution < -0.4 is 9.46 Å². The summed E-state index contributed by atoms with van der Waals surface area (Å²) in [6.07, 6.45) is 1.95. The van der Waals surface area contributed by atoms with Crippen LogP contribution in [0, 0.1) is 0 Å². The fourth-order valence-corrected chi connectivity index (χ4v) is 4.38. The van der Waals surface area contributed by atoms with E-state index >= 15 is 0 Å². The molecule has 1 heterocycles. The molecule has 0 aliphatic carbocycles. The SMILES string of the molecule is CC/C(=C1\c2ccccc2COc2ccccc21)c1cccc(NS(C)(=O)=O)c1. The third-order valence-electron chi connectivity index (χ3n) is 5.00. The summed E-state index contributed by atoms with van der Waals surface area (Å²) in [5.41, 5.74) is 7.16. The van der Waals surface area contributed by atoms with Crippen molar-refractivity contribution < 1.29 is 13.2 Å². The van der Waals surface area contributed by atoms with Gasteiger partial charge in [-0.1, -0.05) is 61.5 Å². The molecule has 0 bridgehead atoms. The van der Waals surface area contributed by atoms with Crippen molar-refractivity contribution in [2.45, 2.75) is 20.0 Å². The molecule has 0 atom stereocenters. The Kier molecular flexibility index (Phi) is 5.16. The predicted octanol–water partition coefficient (Wildman–Crippen LogP) is 5.32. The third kappa shape index (κ3) is 4.05. The molecule has 148 valence electrons. The Hall–Kier alpha value is -3.05. The van der Waals surface area contributed by atoms with E-state index in [1.807, 2.05) is 48.5 Å². The van der Waals surface area contributed by atoms with Gasteiger partial charge in [-0.25, -0.2) is 8.42 Å². The van der Waals surface area contributed by atoms with Gasteiger partial charge in [0.05, 0.1) is 6.26 Å². The van der Waals surface area contributed by atoms with E-state index in [1.54, 1.807) is 6.07 Å². The molecule has 1 N–H and O–H groups in total. The molecule has 4 rings (SSSR count). The zero-order valence-corrected chi connectivity index (χ0v) is 17.3. The smallest absolute Gasteiger partial charge is 0.229 e. The minimum absolute atomic E-state index is 0.517. The molecule has 4 nitrogen and oxygen atoms in total. The fraction of sp³-hybridized carbons (Fsp3) is 0.167. The van der Waals surface area contributed by atoms with E-state index in [0.29, 0.717) is 12.3 Å². The summed E-state index contributed by atoms with van der Waals surface area (Å²) >= 11 is 0. The van der Waals surface area contributed by atoms with Crippen LogP contribution in [0.2, 0.25) is 0 Å². The molecule has 0 saturated carbocycles. The molecule has 0 spiro atoms. The molecule has 0 radical (unpaired) electrons. The highest BCUT2D eigenvalue weighted by Crippen LogP contribution is 2.42. The summed E-state index contributed by atoms with van der Waals surface area (Å²) in [7, 11) is -3.34. The van der Waals surface area contributed by atoms with Crippen LogP contribution in [-0.2, 0) is 16.6 Å². The Labute approximate surface area is 171 Å². The minimum Gasteiger partial charge on any atom is -0.488 e. The van der Waals surface area contributed by atoms with E-state index in [1.165, 1.54) is 0 Å². The van der Waals surface area contributed by atoms with Crippen molar-refractivity contribution in [1.29, 1.82) is 0 Å². The quantitative estimate of drug-likeness (QED) is 0.639. The molecule has 0 amide bonds. The monoisotopic (exact) mass is 405 g/mol. The first-order valence-corrected chi connectivity index (χ1v) is 11.5. The molecule has 3 aromatic carbocycles. The van der Waals surface area contributed by atoms with Gasteiger partial charge in [0.1, 0.15) is 12.4 Å². The number of fused-ring (bicyclic) bond motifs is 2. The van der Waals surface area contributed by atoms with Crippen molar-refractivity contribution in [3.05, 3.63) is 95.1 Å². The third-order valence-corrected chi connectivity index (χ3v) is 5.60. The van der Waals surface area contributed by atoms with Gasteiger partial charge in [0.15, 0.2) is 0 Å². The van der Waals surface area contributed by atoms with Crippen molar-refractivity contribution in [2.75, 3.05) is 11.0 Å². The van der Waals surface area contributed by atoms with Gasteiger partial charge in [-0.15, -0.1) is 0 Å². The molecule has 0 aromatic heterocycles. The maximum Gasteiger partial charge on any atom is 0.229 e. The lowest BCUT2D eigenvalue weighted by molar-refractivity contribution is 0.307. The number of anilines is 1. The van der Waals surface area contributed by atoms with Crippen LogP contribution in [0.15, 0.2) is 72.8 Å². The second-order valence-electron chi connectivity index (χ2n) is 7.10. The summed E-state index contributed by atoms with van der Waals surface area (Å²) < 4.78 is 32.1. The van der Waals surface area contributed by atoms with Crippen LogP contribution in [0.3, 0.4) is 0 Å². The Morgan fingerprint density at radius 1 is 0.966 bits per heavy atom. The standard InChI is InChI=1S/C24H23NO3S/c1-3-20(17-10-8-11-19(15-17)25-29(2,26)27)24-21-12-5-4-9-18(21)16-28-23-14-7-6-13-22(23)24/h4-15,25H,3,16H2,1-2H3/b24-20-. The lowest BCUT2D eigenvalue weighted by Gasteiger charge is -2.17. The molecule has 3 aromatic rings. The van der Waals surface area contributed by atoms with Gasteiger partial charge in [0, 0.05) is 11.3 Å². The van der Waals surface area contributed by atoms with Gasteiger partial charge < -0.3 is 4.74 Å². The van der Waals surface area contributed by atoms with Crippen LogP contribution in [0.1, 0.15) is 35.6 Å². The second kappa shape index (κ2) is 7.76. The van der Waals surface area contributed by atoms with Gasteiger partial charge in [-0.05, 0) is 52.5 Å². The van der Waals surface area contributed by atoms with Gasteiger partial charge in [-0.2, -0.15) is 0 Å². The highest BCUT2D eigenvalue weighted by atomic mass is 32.2. The zero-order valence-electron chi connectivity index (χ0n) is 16.5. The lowest BCUT2D eigenvalue weighted by atomic mass is 9.86. The topological polar surface area (TPSA) is 55.4 Å². The largest absolute Gasteiger partial charge is 0.488 e. The van der Waals surface area contributed by atoms with Crippen molar-refractivity contribution in [3.63, 3.8) is 0 Å². The predicted molar refractivity (Wildman–Crippen MR) is 118 cm³/mol. The van der Waals surface area contributed by atoms with Crippen LogP contribution in [0.5, 0.6) is 5.75 Å². The molecular formula is C24H23NO3S. The van der Waals surface area contributed by atoms with E-state index in [-0.39, 0.29) is 0 Å². The van der Waals surface area contributed by atoms with Gasteiger partial charge >= 0.3 is 0 Å². The zero-order chi connectivity index (χ0) is 20.4. The van der Waals surface area contributed by atoms with Crippen LogP contribution in [0.25, 0.3) is 11.1 Å². The molecule has 1 aliphatic heterocycles. The number of sulfonamides is 1. The molecule has 5 heteroatoms. The van der Waals surface area contributed by atoms with Gasteiger partial charge in [-0.3, -0.25) is 4.72 Å². The maximum absolute atomic E-state index is 11.7. The summed E-state index contributed by atoms with van der Waals surface area (Å²) in [6, 6.07) is 23.9. The van der Waals surface area contributed by atoms with Crippen molar-refractivity contribution >= 4 is 26.9 Å². The number of allylic oxidation sites excluding steroid dienone is 1. The molecule has 0 saturated heterocycles. The molecule has 29 heavy (non-hydrogen) atoms. The number of ether oxygens (including phenoxy) is 1. The van der Waals surface area contributed by atoms with Crippen LogP contribution >= 0.6 is 0 Å². The van der Waals surface area contributed by atoms with Crippen molar-refractivity contribution in [2.24, 2.45) is 0 Å². The summed E-state index contributed by atoms with van der Waals surface area (Å²) in [6.45, 7) is 2.64. The molecule has 1 aliphatic rings. The van der Waals surface area contributed by atoms with E-state index < -0.39 is 10.0 Å².